The van der Waals surface area contributed by atoms with Crippen LogP contribution in [0.1, 0.15) is 5.56 Å². The van der Waals surface area contributed by atoms with Gasteiger partial charge in [0.15, 0.2) is 0 Å². The zero-order chi connectivity index (χ0) is 13.2. The molecular weight excluding hydrogens is 281 g/mol. The first-order valence-electron chi connectivity index (χ1n) is 6.15. The summed E-state index contributed by atoms with van der Waals surface area (Å²) in [5.74, 6) is 0.985. The standard InChI is InChI=1S/C15H13Cl2NO/c16-11-6-12(17)8-13(7-11)18-9-14-5-10-3-1-2-4-15(10)19-14/h1-4,6-8,14,18H,5,9H2. The Morgan fingerprint density at radius 1 is 1.11 bits per heavy atom. The minimum atomic E-state index is 0.148. The summed E-state index contributed by atoms with van der Waals surface area (Å²) < 4.78 is 5.86. The number of nitrogens with one attached hydrogen (secondary N) is 1. The predicted molar refractivity (Wildman–Crippen MR) is 79.5 cm³/mol. The van der Waals surface area contributed by atoms with Crippen LogP contribution in [0.5, 0.6) is 5.75 Å². The minimum absolute atomic E-state index is 0.148. The van der Waals surface area contributed by atoms with Gasteiger partial charge in [-0.15, -0.1) is 0 Å². The fraction of sp³-hybridized carbons (Fsp3) is 0.200. The Hall–Kier alpha value is -1.38. The van der Waals surface area contributed by atoms with Gasteiger partial charge >= 0.3 is 0 Å². The normalized spacial score (nSPS) is 16.8. The van der Waals surface area contributed by atoms with Crippen LogP contribution in [-0.2, 0) is 6.42 Å². The van der Waals surface area contributed by atoms with Gasteiger partial charge in [0.25, 0.3) is 0 Å². The summed E-state index contributed by atoms with van der Waals surface area (Å²) in [6, 6.07) is 13.6. The van der Waals surface area contributed by atoms with E-state index in [2.05, 4.69) is 11.4 Å². The van der Waals surface area contributed by atoms with Crippen LogP contribution >= 0.6 is 23.2 Å². The third-order valence-electron chi connectivity index (χ3n) is 3.11. The molecule has 0 aromatic heterocycles. The number of fused-ring (bicyclic) bond motifs is 1. The Morgan fingerprint density at radius 2 is 1.84 bits per heavy atom. The third-order valence-corrected chi connectivity index (χ3v) is 3.55. The van der Waals surface area contributed by atoms with Crippen molar-refractivity contribution in [3.8, 4) is 5.75 Å². The van der Waals surface area contributed by atoms with Gasteiger partial charge in [-0.05, 0) is 29.8 Å². The molecule has 0 aliphatic carbocycles. The van der Waals surface area contributed by atoms with Crippen LogP contribution in [0.15, 0.2) is 42.5 Å². The Morgan fingerprint density at radius 3 is 2.58 bits per heavy atom. The maximum absolute atomic E-state index is 5.96. The van der Waals surface area contributed by atoms with Gasteiger partial charge < -0.3 is 10.1 Å². The number of halogens is 2. The molecule has 3 rings (SSSR count). The Labute approximate surface area is 122 Å². The molecule has 1 aliphatic heterocycles. The zero-order valence-electron chi connectivity index (χ0n) is 10.2. The summed E-state index contributed by atoms with van der Waals surface area (Å²) in [6.45, 7) is 0.728. The van der Waals surface area contributed by atoms with Crippen molar-refractivity contribution >= 4 is 28.9 Å². The van der Waals surface area contributed by atoms with Crippen molar-refractivity contribution in [3.05, 3.63) is 58.1 Å². The monoisotopic (exact) mass is 293 g/mol. The molecule has 2 nitrogen and oxygen atoms in total. The lowest BCUT2D eigenvalue weighted by molar-refractivity contribution is 0.246. The van der Waals surface area contributed by atoms with Gasteiger partial charge in [-0.2, -0.15) is 0 Å². The number of benzene rings is 2. The minimum Gasteiger partial charge on any atom is -0.488 e. The molecule has 0 saturated carbocycles. The lowest BCUT2D eigenvalue weighted by atomic mass is 10.1. The fourth-order valence-corrected chi connectivity index (χ4v) is 2.78. The summed E-state index contributed by atoms with van der Waals surface area (Å²) >= 11 is 11.9. The highest BCUT2D eigenvalue weighted by molar-refractivity contribution is 6.35. The summed E-state index contributed by atoms with van der Waals surface area (Å²) in [4.78, 5) is 0. The summed E-state index contributed by atoms with van der Waals surface area (Å²) in [6.07, 6.45) is 1.08. The highest BCUT2D eigenvalue weighted by Gasteiger charge is 2.21. The van der Waals surface area contributed by atoms with Crippen LogP contribution in [0.25, 0.3) is 0 Å². The van der Waals surface area contributed by atoms with Gasteiger partial charge in [0.1, 0.15) is 11.9 Å². The maximum atomic E-state index is 5.96. The molecule has 1 N–H and O–H groups in total. The van der Waals surface area contributed by atoms with E-state index in [0.717, 1.165) is 24.4 Å². The number of rotatable bonds is 3. The van der Waals surface area contributed by atoms with E-state index >= 15 is 0 Å². The maximum Gasteiger partial charge on any atom is 0.123 e. The van der Waals surface area contributed by atoms with E-state index in [4.69, 9.17) is 27.9 Å². The van der Waals surface area contributed by atoms with Crippen LogP contribution in [-0.4, -0.2) is 12.6 Å². The molecule has 0 amide bonds. The van der Waals surface area contributed by atoms with E-state index in [1.165, 1.54) is 5.56 Å². The highest BCUT2D eigenvalue weighted by Crippen LogP contribution is 2.28. The average molecular weight is 294 g/mol. The van der Waals surface area contributed by atoms with Gasteiger partial charge in [-0.25, -0.2) is 0 Å². The zero-order valence-corrected chi connectivity index (χ0v) is 11.7. The summed E-state index contributed by atoms with van der Waals surface area (Å²) in [5, 5.41) is 4.57. The van der Waals surface area contributed by atoms with Gasteiger partial charge in [-0.1, -0.05) is 41.4 Å². The fourth-order valence-electron chi connectivity index (χ4n) is 2.26. The molecule has 2 aromatic rings. The van der Waals surface area contributed by atoms with Gasteiger partial charge in [0.2, 0.25) is 0 Å². The first-order chi connectivity index (χ1) is 9.20. The van der Waals surface area contributed by atoms with Crippen molar-refractivity contribution in [2.45, 2.75) is 12.5 Å². The quantitative estimate of drug-likeness (QED) is 0.905. The second-order valence-corrected chi connectivity index (χ2v) is 5.46. The lowest BCUT2D eigenvalue weighted by Gasteiger charge is -2.13. The van der Waals surface area contributed by atoms with Crippen LogP contribution in [0.3, 0.4) is 0 Å². The van der Waals surface area contributed by atoms with Crippen molar-refractivity contribution in [1.29, 1.82) is 0 Å². The Kier molecular flexibility index (Phi) is 3.54. The first-order valence-corrected chi connectivity index (χ1v) is 6.91. The summed E-state index contributed by atoms with van der Waals surface area (Å²) in [5.41, 5.74) is 2.18. The van der Waals surface area contributed by atoms with E-state index in [1.807, 2.05) is 30.3 Å². The topological polar surface area (TPSA) is 21.3 Å². The van der Waals surface area contributed by atoms with Crippen LogP contribution in [0.2, 0.25) is 10.0 Å². The SMILES string of the molecule is Clc1cc(Cl)cc(NCC2Cc3ccccc3O2)c1. The number of ether oxygens (including phenoxy) is 1. The highest BCUT2D eigenvalue weighted by atomic mass is 35.5. The molecule has 1 aliphatic rings. The summed E-state index contributed by atoms with van der Waals surface area (Å²) in [7, 11) is 0. The molecule has 0 radical (unpaired) electrons. The molecule has 4 heteroatoms. The van der Waals surface area contributed by atoms with Gasteiger partial charge in [0.05, 0.1) is 6.54 Å². The van der Waals surface area contributed by atoms with Crippen LogP contribution in [0.4, 0.5) is 5.69 Å². The van der Waals surface area contributed by atoms with Crippen LogP contribution < -0.4 is 10.1 Å². The van der Waals surface area contributed by atoms with Crippen molar-refractivity contribution < 1.29 is 4.74 Å². The van der Waals surface area contributed by atoms with E-state index in [-0.39, 0.29) is 6.10 Å². The molecule has 1 heterocycles. The smallest absolute Gasteiger partial charge is 0.123 e. The second-order valence-electron chi connectivity index (χ2n) is 4.59. The van der Waals surface area contributed by atoms with E-state index < -0.39 is 0 Å². The second kappa shape index (κ2) is 5.32. The average Bonchev–Trinajstić information content (AvgIpc) is 2.78. The van der Waals surface area contributed by atoms with Crippen molar-refractivity contribution in [2.75, 3.05) is 11.9 Å². The van der Waals surface area contributed by atoms with E-state index in [0.29, 0.717) is 10.0 Å². The molecule has 98 valence electrons. The molecule has 0 bridgehead atoms. The molecule has 1 atom stereocenters. The Bertz CT molecular complexity index is 555. The molecular formula is C15H13Cl2NO. The molecule has 0 fully saturated rings. The molecule has 1 unspecified atom stereocenters. The molecule has 2 aromatic carbocycles. The number of hydrogen-bond donors (Lipinski definition) is 1. The van der Waals surface area contributed by atoms with E-state index in [1.54, 1.807) is 6.07 Å². The lowest BCUT2D eigenvalue weighted by Crippen LogP contribution is -2.23. The third kappa shape index (κ3) is 2.96. The Balaban J connectivity index is 1.62. The van der Waals surface area contributed by atoms with Crippen molar-refractivity contribution in [3.63, 3.8) is 0 Å². The molecule has 19 heavy (non-hydrogen) atoms. The van der Waals surface area contributed by atoms with Crippen molar-refractivity contribution in [1.82, 2.24) is 0 Å². The molecule has 0 saturated heterocycles. The van der Waals surface area contributed by atoms with Gasteiger partial charge in [0, 0.05) is 22.2 Å². The van der Waals surface area contributed by atoms with Gasteiger partial charge in [-0.3, -0.25) is 0 Å². The van der Waals surface area contributed by atoms with E-state index in [9.17, 15) is 0 Å². The first kappa shape index (κ1) is 12.6. The number of hydrogen-bond acceptors (Lipinski definition) is 2. The predicted octanol–water partition coefficient (Wildman–Crippen LogP) is 4.41. The molecule has 0 spiro atoms. The largest absolute Gasteiger partial charge is 0.488 e. The number of para-hydroxylation sites is 1. The van der Waals surface area contributed by atoms with Crippen molar-refractivity contribution in [2.24, 2.45) is 0 Å². The van der Waals surface area contributed by atoms with Crippen LogP contribution in [0, 0.1) is 0 Å². The number of anilines is 1.